The molecule has 1 saturated heterocycles. The summed E-state index contributed by atoms with van der Waals surface area (Å²) in [5, 5.41) is 6.94. The maximum absolute atomic E-state index is 3.48. The van der Waals surface area contributed by atoms with Crippen LogP contribution in [0.25, 0.3) is 0 Å². The number of rotatable bonds is 3. The minimum Gasteiger partial charge on any atom is -0.385 e. The molecule has 1 aliphatic rings. The molecule has 1 aliphatic heterocycles. The molecular formula is C12H18N2. The minimum absolute atomic E-state index is 0.659. The van der Waals surface area contributed by atoms with Crippen molar-refractivity contribution in [1.82, 2.24) is 5.32 Å². The van der Waals surface area contributed by atoms with Gasteiger partial charge >= 0.3 is 0 Å². The SMILES string of the molecule is CC1NCCC1CNc1ccccc1. The Kier molecular flexibility index (Phi) is 3.04. The molecule has 0 spiro atoms. The molecule has 76 valence electrons. The summed E-state index contributed by atoms with van der Waals surface area (Å²) in [5.74, 6) is 0.773. The van der Waals surface area contributed by atoms with E-state index < -0.39 is 0 Å². The number of para-hydroxylation sites is 1. The number of hydrogen-bond acceptors (Lipinski definition) is 2. The number of benzene rings is 1. The summed E-state index contributed by atoms with van der Waals surface area (Å²) in [6, 6.07) is 11.1. The first-order valence-electron chi connectivity index (χ1n) is 5.38. The first-order valence-corrected chi connectivity index (χ1v) is 5.38. The number of hydrogen-bond donors (Lipinski definition) is 2. The maximum Gasteiger partial charge on any atom is 0.0340 e. The van der Waals surface area contributed by atoms with Crippen molar-refractivity contribution >= 4 is 5.69 Å². The van der Waals surface area contributed by atoms with Crippen molar-refractivity contribution in [2.24, 2.45) is 5.92 Å². The Morgan fingerprint density at radius 2 is 2.14 bits per heavy atom. The Labute approximate surface area is 85.7 Å². The Hall–Kier alpha value is -1.02. The average Bonchev–Trinajstić information content (AvgIpc) is 2.63. The van der Waals surface area contributed by atoms with Gasteiger partial charge < -0.3 is 10.6 Å². The molecule has 2 N–H and O–H groups in total. The molecule has 0 saturated carbocycles. The van der Waals surface area contributed by atoms with E-state index in [0.717, 1.165) is 12.5 Å². The van der Waals surface area contributed by atoms with E-state index in [4.69, 9.17) is 0 Å². The second-order valence-corrected chi connectivity index (χ2v) is 4.04. The predicted molar refractivity (Wildman–Crippen MR) is 60.5 cm³/mol. The molecule has 2 unspecified atom stereocenters. The summed E-state index contributed by atoms with van der Waals surface area (Å²) in [5.41, 5.74) is 1.23. The summed E-state index contributed by atoms with van der Waals surface area (Å²) in [6.45, 7) is 4.52. The zero-order valence-electron chi connectivity index (χ0n) is 8.66. The van der Waals surface area contributed by atoms with E-state index in [1.54, 1.807) is 0 Å². The van der Waals surface area contributed by atoms with E-state index in [9.17, 15) is 0 Å². The molecule has 2 atom stereocenters. The van der Waals surface area contributed by atoms with Gasteiger partial charge in [-0.3, -0.25) is 0 Å². The predicted octanol–water partition coefficient (Wildman–Crippen LogP) is 2.10. The fraction of sp³-hybridized carbons (Fsp3) is 0.500. The van der Waals surface area contributed by atoms with Gasteiger partial charge in [0.2, 0.25) is 0 Å². The first-order chi connectivity index (χ1) is 6.86. The molecule has 2 heteroatoms. The van der Waals surface area contributed by atoms with Crippen molar-refractivity contribution < 1.29 is 0 Å². The largest absolute Gasteiger partial charge is 0.385 e. The zero-order valence-corrected chi connectivity index (χ0v) is 8.66. The van der Waals surface area contributed by atoms with Crippen LogP contribution in [0.5, 0.6) is 0 Å². The molecular weight excluding hydrogens is 172 g/mol. The Balaban J connectivity index is 1.82. The lowest BCUT2D eigenvalue weighted by molar-refractivity contribution is 0.499. The molecule has 14 heavy (non-hydrogen) atoms. The molecule has 0 bridgehead atoms. The van der Waals surface area contributed by atoms with Crippen LogP contribution in [0.15, 0.2) is 30.3 Å². The highest BCUT2D eigenvalue weighted by molar-refractivity contribution is 5.42. The lowest BCUT2D eigenvalue weighted by Gasteiger charge is -2.16. The van der Waals surface area contributed by atoms with E-state index in [2.05, 4.69) is 41.8 Å². The minimum atomic E-state index is 0.659. The van der Waals surface area contributed by atoms with E-state index in [0.29, 0.717) is 6.04 Å². The zero-order chi connectivity index (χ0) is 9.80. The maximum atomic E-state index is 3.48. The van der Waals surface area contributed by atoms with Gasteiger partial charge in [-0.25, -0.2) is 0 Å². The van der Waals surface area contributed by atoms with Crippen LogP contribution in [0.3, 0.4) is 0 Å². The quantitative estimate of drug-likeness (QED) is 0.762. The molecule has 1 fully saturated rings. The summed E-state index contributed by atoms with van der Waals surface area (Å²) < 4.78 is 0. The van der Waals surface area contributed by atoms with Crippen LogP contribution in [0.2, 0.25) is 0 Å². The van der Waals surface area contributed by atoms with Crippen LogP contribution < -0.4 is 10.6 Å². The first kappa shape index (κ1) is 9.53. The van der Waals surface area contributed by atoms with Crippen LogP contribution in [0, 0.1) is 5.92 Å². The molecule has 0 aliphatic carbocycles. The summed E-state index contributed by atoms with van der Waals surface area (Å²) in [7, 11) is 0. The van der Waals surface area contributed by atoms with Crippen LogP contribution in [0.4, 0.5) is 5.69 Å². The summed E-state index contributed by atoms with van der Waals surface area (Å²) >= 11 is 0. The van der Waals surface area contributed by atoms with E-state index in [-0.39, 0.29) is 0 Å². The van der Waals surface area contributed by atoms with Crippen LogP contribution >= 0.6 is 0 Å². The fourth-order valence-electron chi connectivity index (χ4n) is 2.00. The molecule has 2 rings (SSSR count). The van der Waals surface area contributed by atoms with Crippen molar-refractivity contribution in [3.05, 3.63) is 30.3 Å². The second-order valence-electron chi connectivity index (χ2n) is 4.04. The molecule has 0 aromatic heterocycles. The molecule has 1 heterocycles. The van der Waals surface area contributed by atoms with Gasteiger partial charge in [-0.15, -0.1) is 0 Å². The van der Waals surface area contributed by atoms with Gasteiger partial charge in [0.25, 0.3) is 0 Å². The standard InChI is InChI=1S/C12H18N2/c1-10-11(7-8-13-10)9-14-12-5-3-2-4-6-12/h2-6,10-11,13-14H,7-9H2,1H3. The lowest BCUT2D eigenvalue weighted by atomic mass is 10.0. The summed E-state index contributed by atoms with van der Waals surface area (Å²) in [6.07, 6.45) is 1.29. The highest BCUT2D eigenvalue weighted by atomic mass is 15.0. The third-order valence-electron chi connectivity index (χ3n) is 3.03. The molecule has 1 aromatic carbocycles. The van der Waals surface area contributed by atoms with Crippen LogP contribution in [0.1, 0.15) is 13.3 Å². The molecule has 0 radical (unpaired) electrons. The molecule has 1 aromatic rings. The van der Waals surface area contributed by atoms with E-state index in [1.807, 2.05) is 6.07 Å². The lowest BCUT2D eigenvalue weighted by Crippen LogP contribution is -2.27. The highest BCUT2D eigenvalue weighted by Crippen LogP contribution is 2.16. The van der Waals surface area contributed by atoms with Gasteiger partial charge in [0.15, 0.2) is 0 Å². The van der Waals surface area contributed by atoms with Gasteiger partial charge in [-0.2, -0.15) is 0 Å². The Bertz CT molecular complexity index is 271. The van der Waals surface area contributed by atoms with Gasteiger partial charge in [0.05, 0.1) is 0 Å². The number of nitrogens with one attached hydrogen (secondary N) is 2. The van der Waals surface area contributed by atoms with Crippen molar-refractivity contribution in [1.29, 1.82) is 0 Å². The Morgan fingerprint density at radius 1 is 1.36 bits per heavy atom. The van der Waals surface area contributed by atoms with E-state index >= 15 is 0 Å². The van der Waals surface area contributed by atoms with Crippen LogP contribution in [-0.4, -0.2) is 19.1 Å². The van der Waals surface area contributed by atoms with Crippen molar-refractivity contribution in [3.8, 4) is 0 Å². The van der Waals surface area contributed by atoms with E-state index in [1.165, 1.54) is 18.7 Å². The molecule has 2 nitrogen and oxygen atoms in total. The van der Waals surface area contributed by atoms with Gasteiger partial charge in [0, 0.05) is 18.3 Å². The summed E-state index contributed by atoms with van der Waals surface area (Å²) in [4.78, 5) is 0. The van der Waals surface area contributed by atoms with Crippen molar-refractivity contribution in [2.45, 2.75) is 19.4 Å². The average molecular weight is 190 g/mol. The number of anilines is 1. The monoisotopic (exact) mass is 190 g/mol. The fourth-order valence-corrected chi connectivity index (χ4v) is 2.00. The van der Waals surface area contributed by atoms with Gasteiger partial charge in [-0.1, -0.05) is 18.2 Å². The second kappa shape index (κ2) is 4.47. The van der Waals surface area contributed by atoms with Gasteiger partial charge in [-0.05, 0) is 37.9 Å². The normalized spacial score (nSPS) is 26.4. The van der Waals surface area contributed by atoms with Crippen LogP contribution in [-0.2, 0) is 0 Å². The van der Waals surface area contributed by atoms with Gasteiger partial charge in [0.1, 0.15) is 0 Å². The topological polar surface area (TPSA) is 24.1 Å². The Morgan fingerprint density at radius 3 is 2.79 bits per heavy atom. The third kappa shape index (κ3) is 2.26. The molecule has 0 amide bonds. The van der Waals surface area contributed by atoms with Crippen molar-refractivity contribution in [2.75, 3.05) is 18.4 Å². The van der Waals surface area contributed by atoms with Crippen molar-refractivity contribution in [3.63, 3.8) is 0 Å². The third-order valence-corrected chi connectivity index (χ3v) is 3.03. The smallest absolute Gasteiger partial charge is 0.0340 e. The highest BCUT2D eigenvalue weighted by Gasteiger charge is 2.21.